The maximum Gasteiger partial charge on any atom is 0.380 e. The second-order valence-corrected chi connectivity index (χ2v) is 10.4. The summed E-state index contributed by atoms with van der Waals surface area (Å²) in [5.41, 5.74) is 0. The molecule has 1 aromatic carbocycles. The van der Waals surface area contributed by atoms with Crippen LogP contribution < -0.4 is 4.52 Å². The van der Waals surface area contributed by atoms with Crippen molar-refractivity contribution in [3.63, 3.8) is 0 Å². The highest BCUT2D eigenvalue weighted by molar-refractivity contribution is 8.07. The molecule has 21 heavy (non-hydrogen) atoms. The molecule has 0 bridgehead atoms. The molecule has 1 aromatic rings. The Labute approximate surface area is 134 Å². The molecule has 0 saturated carbocycles. The Kier molecular flexibility index (Phi) is 7.01. The molecule has 1 unspecified atom stereocenters. The minimum Gasteiger partial charge on any atom is -0.424 e. The molecule has 0 fully saturated rings. The molecule has 1 atom stereocenters. The maximum atomic E-state index is 12.3. The quantitative estimate of drug-likeness (QED) is 0.687. The second kappa shape index (κ2) is 7.84. The zero-order valence-electron chi connectivity index (χ0n) is 13.1. The van der Waals surface area contributed by atoms with Gasteiger partial charge in [0.2, 0.25) is 0 Å². The first-order valence-electron chi connectivity index (χ1n) is 6.82. The average Bonchev–Trinajstić information content (AvgIpc) is 2.38. The van der Waals surface area contributed by atoms with E-state index in [0.29, 0.717) is 19.0 Å². The van der Waals surface area contributed by atoms with Gasteiger partial charge < -0.3 is 4.52 Å². The van der Waals surface area contributed by atoms with Crippen LogP contribution in [-0.2, 0) is 31.7 Å². The van der Waals surface area contributed by atoms with E-state index in [1.807, 2.05) is 34.6 Å². The van der Waals surface area contributed by atoms with Crippen LogP contribution in [0.2, 0.25) is 0 Å². The molecule has 120 valence electrons. The average molecular weight is 350 g/mol. The van der Waals surface area contributed by atoms with Crippen molar-refractivity contribution >= 4 is 29.3 Å². The van der Waals surface area contributed by atoms with Crippen molar-refractivity contribution in [3.05, 3.63) is 24.3 Å². The van der Waals surface area contributed by atoms with Gasteiger partial charge in [-0.3, -0.25) is 13.3 Å². The van der Waals surface area contributed by atoms with E-state index in [1.165, 1.54) is 0 Å². The third-order valence-corrected chi connectivity index (χ3v) is 6.64. The standard InChI is InChI=1S/C14H23O4PS2/c1-6-16-19(20,17-7-2)18-12-8-10-13(11-9-12)21(15)14(3,4)5/h8-11H,6-7H2,1-5H3. The zero-order chi connectivity index (χ0) is 16.1. The van der Waals surface area contributed by atoms with Crippen molar-refractivity contribution in [3.8, 4) is 5.75 Å². The number of hydrogen-bond donors (Lipinski definition) is 0. The number of benzene rings is 1. The summed E-state index contributed by atoms with van der Waals surface area (Å²) in [6.45, 7) is 7.63. The monoisotopic (exact) mass is 350 g/mol. The van der Waals surface area contributed by atoms with Gasteiger partial charge in [-0.05, 0) is 58.9 Å². The molecule has 0 N–H and O–H groups in total. The largest absolute Gasteiger partial charge is 0.424 e. The molecule has 0 aromatic heterocycles. The van der Waals surface area contributed by atoms with E-state index in [1.54, 1.807) is 24.3 Å². The number of rotatable bonds is 7. The van der Waals surface area contributed by atoms with Crippen molar-refractivity contribution < 1.29 is 17.8 Å². The van der Waals surface area contributed by atoms with Crippen molar-refractivity contribution in [2.75, 3.05) is 13.2 Å². The Bertz CT molecular complexity index is 513. The lowest BCUT2D eigenvalue weighted by atomic mass is 10.3. The topological polar surface area (TPSA) is 44.8 Å². The normalized spacial score (nSPS) is 14.0. The van der Waals surface area contributed by atoms with Crippen LogP contribution in [-0.4, -0.2) is 22.2 Å². The van der Waals surface area contributed by atoms with E-state index in [2.05, 4.69) is 0 Å². The molecule has 0 aliphatic rings. The van der Waals surface area contributed by atoms with Gasteiger partial charge in [-0.1, -0.05) is 0 Å². The molecule has 0 amide bonds. The third kappa shape index (κ3) is 5.80. The Morgan fingerprint density at radius 3 is 1.95 bits per heavy atom. The van der Waals surface area contributed by atoms with Crippen LogP contribution in [0.5, 0.6) is 5.75 Å². The highest BCUT2D eigenvalue weighted by Crippen LogP contribution is 2.49. The van der Waals surface area contributed by atoms with Crippen LogP contribution in [0.4, 0.5) is 0 Å². The van der Waals surface area contributed by atoms with Crippen molar-refractivity contribution in [1.82, 2.24) is 0 Å². The van der Waals surface area contributed by atoms with Gasteiger partial charge in [0.1, 0.15) is 5.75 Å². The fourth-order valence-electron chi connectivity index (χ4n) is 1.51. The summed E-state index contributed by atoms with van der Waals surface area (Å²) in [4.78, 5) is 0.760. The highest BCUT2D eigenvalue weighted by Gasteiger charge is 2.23. The van der Waals surface area contributed by atoms with Crippen LogP contribution in [0.3, 0.4) is 0 Å². The molecule has 4 nitrogen and oxygen atoms in total. The molecule has 0 spiro atoms. The molecule has 0 heterocycles. The fraction of sp³-hybridized carbons (Fsp3) is 0.571. The van der Waals surface area contributed by atoms with Gasteiger partial charge in [-0.2, -0.15) is 0 Å². The van der Waals surface area contributed by atoms with E-state index in [4.69, 9.17) is 25.4 Å². The second-order valence-electron chi connectivity index (χ2n) is 5.23. The van der Waals surface area contributed by atoms with Crippen molar-refractivity contribution in [2.45, 2.75) is 44.3 Å². The molecule has 0 aliphatic carbocycles. The van der Waals surface area contributed by atoms with E-state index in [0.717, 1.165) is 4.90 Å². The molecule has 1 rings (SSSR count). The van der Waals surface area contributed by atoms with Crippen LogP contribution in [0.25, 0.3) is 0 Å². The summed E-state index contributed by atoms with van der Waals surface area (Å²) < 4.78 is 28.5. The van der Waals surface area contributed by atoms with Crippen LogP contribution in [0.15, 0.2) is 29.2 Å². The van der Waals surface area contributed by atoms with Gasteiger partial charge in [0.25, 0.3) is 0 Å². The van der Waals surface area contributed by atoms with Crippen molar-refractivity contribution in [2.24, 2.45) is 0 Å². The summed E-state index contributed by atoms with van der Waals surface area (Å²) in [6.07, 6.45) is 0. The van der Waals surface area contributed by atoms with Gasteiger partial charge in [-0.25, -0.2) is 0 Å². The SMILES string of the molecule is CCOP(=S)(OCC)Oc1ccc(S(=O)C(C)(C)C)cc1. The Balaban J connectivity index is 2.87. The van der Waals surface area contributed by atoms with Gasteiger partial charge in [0, 0.05) is 21.4 Å². The highest BCUT2D eigenvalue weighted by atomic mass is 32.5. The first-order chi connectivity index (χ1) is 9.72. The van der Waals surface area contributed by atoms with Crippen LogP contribution >= 0.6 is 6.72 Å². The van der Waals surface area contributed by atoms with Gasteiger partial charge in [-0.15, -0.1) is 0 Å². The lowest BCUT2D eigenvalue weighted by Gasteiger charge is -2.21. The Morgan fingerprint density at radius 1 is 1.10 bits per heavy atom. The Morgan fingerprint density at radius 2 is 1.57 bits per heavy atom. The Hall–Kier alpha value is -0.260. The first kappa shape index (κ1) is 18.8. The van der Waals surface area contributed by atoms with E-state index < -0.39 is 17.5 Å². The van der Waals surface area contributed by atoms with Crippen LogP contribution in [0.1, 0.15) is 34.6 Å². The van der Waals surface area contributed by atoms with E-state index in [-0.39, 0.29) is 4.75 Å². The molecule has 0 saturated heterocycles. The molecular weight excluding hydrogens is 327 g/mol. The summed E-state index contributed by atoms with van der Waals surface area (Å²) in [6, 6.07) is 7.07. The summed E-state index contributed by atoms with van der Waals surface area (Å²) in [5.74, 6) is 0.565. The summed E-state index contributed by atoms with van der Waals surface area (Å²) in [7, 11) is -1.07. The lowest BCUT2D eigenvalue weighted by Crippen LogP contribution is -2.21. The predicted molar refractivity (Wildman–Crippen MR) is 90.8 cm³/mol. The fourth-order valence-corrected chi connectivity index (χ4v) is 4.69. The number of hydrogen-bond acceptors (Lipinski definition) is 5. The predicted octanol–water partition coefficient (Wildman–Crippen LogP) is 4.27. The molecule has 0 radical (unpaired) electrons. The third-order valence-electron chi connectivity index (χ3n) is 2.39. The van der Waals surface area contributed by atoms with E-state index in [9.17, 15) is 4.21 Å². The zero-order valence-corrected chi connectivity index (χ0v) is 15.6. The smallest absolute Gasteiger partial charge is 0.380 e. The molecule has 0 aliphatic heterocycles. The lowest BCUT2D eigenvalue weighted by molar-refractivity contribution is 0.218. The minimum atomic E-state index is -2.76. The van der Waals surface area contributed by atoms with E-state index >= 15 is 0 Å². The summed E-state index contributed by atoms with van der Waals surface area (Å²) in [5, 5.41) is 0. The van der Waals surface area contributed by atoms with Gasteiger partial charge in [0.15, 0.2) is 0 Å². The van der Waals surface area contributed by atoms with Gasteiger partial charge in [0.05, 0.1) is 24.0 Å². The van der Waals surface area contributed by atoms with Crippen molar-refractivity contribution in [1.29, 1.82) is 0 Å². The molecule has 7 heteroatoms. The summed E-state index contributed by atoms with van der Waals surface area (Å²) >= 11 is 5.31. The van der Waals surface area contributed by atoms with Crippen LogP contribution in [0, 0.1) is 0 Å². The van der Waals surface area contributed by atoms with Gasteiger partial charge >= 0.3 is 6.72 Å². The minimum absolute atomic E-state index is 0.298. The first-order valence-corrected chi connectivity index (χ1v) is 10.5. The molecular formula is C14H23O4PS2. The maximum absolute atomic E-state index is 12.3.